The maximum atomic E-state index is 6.21. The Labute approximate surface area is 110 Å². The Morgan fingerprint density at radius 1 is 1.31 bits per heavy atom. The van der Waals surface area contributed by atoms with Crippen molar-refractivity contribution in [3.8, 4) is 5.75 Å². The summed E-state index contributed by atoms with van der Waals surface area (Å²) < 4.78 is 5.62. The second-order valence-corrected chi connectivity index (χ2v) is 5.14. The van der Waals surface area contributed by atoms with Crippen LogP contribution in [0.25, 0.3) is 0 Å². The predicted octanol–water partition coefficient (Wildman–Crippen LogP) is 3.94. The molecule has 0 fully saturated rings. The number of rotatable bonds is 1. The SMILES string of the molecule is CNC1c2c(Cl)c(Cl)cc(Cl)c2OCC1C. The van der Waals surface area contributed by atoms with E-state index >= 15 is 0 Å². The van der Waals surface area contributed by atoms with Crippen LogP contribution in [0.3, 0.4) is 0 Å². The quantitative estimate of drug-likeness (QED) is 0.787. The van der Waals surface area contributed by atoms with Gasteiger partial charge in [-0.1, -0.05) is 41.7 Å². The normalized spacial score (nSPS) is 23.8. The van der Waals surface area contributed by atoms with Crippen molar-refractivity contribution < 1.29 is 4.74 Å². The lowest BCUT2D eigenvalue weighted by Gasteiger charge is -2.32. The van der Waals surface area contributed by atoms with Gasteiger partial charge in [-0.2, -0.15) is 0 Å². The van der Waals surface area contributed by atoms with Crippen LogP contribution >= 0.6 is 34.8 Å². The van der Waals surface area contributed by atoms with Crippen LogP contribution in [0.5, 0.6) is 5.75 Å². The van der Waals surface area contributed by atoms with Crippen LogP contribution in [0.1, 0.15) is 18.5 Å². The number of nitrogens with one attached hydrogen (secondary N) is 1. The summed E-state index contributed by atoms with van der Waals surface area (Å²) in [5.74, 6) is 0.970. The van der Waals surface area contributed by atoms with Crippen molar-refractivity contribution in [2.75, 3.05) is 13.7 Å². The largest absolute Gasteiger partial charge is 0.491 e. The lowest BCUT2D eigenvalue weighted by molar-refractivity contribution is 0.193. The van der Waals surface area contributed by atoms with E-state index in [0.29, 0.717) is 33.3 Å². The smallest absolute Gasteiger partial charge is 0.144 e. The number of ether oxygens (including phenoxy) is 1. The molecule has 1 aromatic rings. The summed E-state index contributed by atoms with van der Waals surface area (Å²) in [5, 5.41) is 4.72. The molecule has 0 aromatic heterocycles. The van der Waals surface area contributed by atoms with E-state index < -0.39 is 0 Å². The number of fused-ring (bicyclic) bond motifs is 1. The molecular formula is C11H12Cl3NO. The lowest BCUT2D eigenvalue weighted by atomic mass is 9.92. The van der Waals surface area contributed by atoms with Crippen LogP contribution in [0.15, 0.2) is 6.07 Å². The summed E-state index contributed by atoms with van der Waals surface area (Å²) in [6, 6.07) is 1.74. The minimum Gasteiger partial charge on any atom is -0.491 e. The summed E-state index contributed by atoms with van der Waals surface area (Å²) in [6.07, 6.45) is 0. The van der Waals surface area contributed by atoms with Crippen LogP contribution < -0.4 is 10.1 Å². The molecule has 16 heavy (non-hydrogen) atoms. The first-order valence-corrected chi connectivity index (χ1v) is 6.17. The van der Waals surface area contributed by atoms with Gasteiger partial charge in [-0.3, -0.25) is 0 Å². The minimum absolute atomic E-state index is 0.118. The molecule has 1 aliphatic rings. The standard InChI is InChI=1S/C11H12Cl3NO/c1-5-4-16-11-7(13)3-6(12)9(14)8(11)10(5)15-2/h3,5,10,15H,4H2,1-2H3. The van der Waals surface area contributed by atoms with Crippen molar-refractivity contribution in [1.29, 1.82) is 0 Å². The number of hydrogen-bond acceptors (Lipinski definition) is 2. The Morgan fingerprint density at radius 3 is 2.62 bits per heavy atom. The first-order chi connectivity index (χ1) is 7.56. The zero-order chi connectivity index (χ0) is 11.9. The van der Waals surface area contributed by atoms with E-state index in [4.69, 9.17) is 39.5 Å². The van der Waals surface area contributed by atoms with E-state index in [1.807, 2.05) is 7.05 Å². The summed E-state index contributed by atoms with van der Waals surface area (Å²) in [6.45, 7) is 2.71. The average molecular weight is 281 g/mol. The highest BCUT2D eigenvalue weighted by Gasteiger charge is 2.31. The van der Waals surface area contributed by atoms with Crippen LogP contribution in [0, 0.1) is 5.92 Å². The predicted molar refractivity (Wildman–Crippen MR) is 67.9 cm³/mol. The molecular weight excluding hydrogens is 268 g/mol. The topological polar surface area (TPSA) is 21.3 Å². The van der Waals surface area contributed by atoms with Crippen molar-refractivity contribution in [2.24, 2.45) is 5.92 Å². The third-order valence-corrected chi connectivity index (χ3v) is 3.93. The molecule has 2 rings (SSSR count). The molecule has 88 valence electrons. The van der Waals surface area contributed by atoms with Crippen molar-refractivity contribution in [2.45, 2.75) is 13.0 Å². The van der Waals surface area contributed by atoms with Gasteiger partial charge >= 0.3 is 0 Å². The van der Waals surface area contributed by atoms with Crippen molar-refractivity contribution >= 4 is 34.8 Å². The molecule has 0 radical (unpaired) electrons. The molecule has 2 nitrogen and oxygen atoms in total. The molecule has 0 bridgehead atoms. The van der Waals surface area contributed by atoms with Crippen LogP contribution in [0.2, 0.25) is 15.1 Å². The number of halogens is 3. The van der Waals surface area contributed by atoms with Crippen LogP contribution in [-0.2, 0) is 0 Å². The van der Waals surface area contributed by atoms with Crippen molar-refractivity contribution in [1.82, 2.24) is 5.32 Å². The van der Waals surface area contributed by atoms with E-state index in [0.717, 1.165) is 5.56 Å². The Balaban J connectivity index is 2.63. The van der Waals surface area contributed by atoms with Crippen molar-refractivity contribution in [3.05, 3.63) is 26.7 Å². The zero-order valence-corrected chi connectivity index (χ0v) is 11.2. The second-order valence-electron chi connectivity index (χ2n) is 3.95. The highest BCUT2D eigenvalue weighted by Crippen LogP contribution is 2.46. The van der Waals surface area contributed by atoms with Gasteiger partial charge in [0.2, 0.25) is 0 Å². The minimum atomic E-state index is 0.118. The molecule has 2 atom stereocenters. The van der Waals surface area contributed by atoms with E-state index in [-0.39, 0.29) is 6.04 Å². The van der Waals surface area contributed by atoms with Gasteiger partial charge < -0.3 is 10.1 Å². The maximum Gasteiger partial charge on any atom is 0.144 e. The highest BCUT2D eigenvalue weighted by molar-refractivity contribution is 6.44. The second kappa shape index (κ2) is 4.61. The molecule has 1 aromatic carbocycles. The van der Waals surface area contributed by atoms with E-state index in [9.17, 15) is 0 Å². The lowest BCUT2D eigenvalue weighted by Crippen LogP contribution is -2.32. The van der Waals surface area contributed by atoms with Gasteiger partial charge in [-0.25, -0.2) is 0 Å². The maximum absolute atomic E-state index is 6.21. The molecule has 1 N–H and O–H groups in total. The summed E-state index contributed by atoms with van der Waals surface area (Å²) in [4.78, 5) is 0. The third-order valence-electron chi connectivity index (χ3n) is 2.84. The monoisotopic (exact) mass is 279 g/mol. The van der Waals surface area contributed by atoms with Gasteiger partial charge in [0.15, 0.2) is 0 Å². The molecule has 0 aliphatic carbocycles. The third kappa shape index (κ3) is 1.88. The Hall–Kier alpha value is -0.150. The molecule has 0 amide bonds. The molecule has 0 saturated carbocycles. The summed E-state index contributed by atoms with van der Waals surface area (Å²) in [5.41, 5.74) is 0.861. The van der Waals surface area contributed by atoms with Crippen molar-refractivity contribution in [3.63, 3.8) is 0 Å². The molecule has 5 heteroatoms. The summed E-state index contributed by atoms with van der Waals surface area (Å²) in [7, 11) is 1.89. The Morgan fingerprint density at radius 2 is 2.00 bits per heavy atom. The first-order valence-electron chi connectivity index (χ1n) is 5.03. The molecule has 1 aliphatic heterocycles. The Kier molecular flexibility index (Phi) is 3.55. The molecule has 0 saturated heterocycles. The van der Waals surface area contributed by atoms with Gasteiger partial charge in [-0.15, -0.1) is 0 Å². The van der Waals surface area contributed by atoms with Gasteiger partial charge in [0.25, 0.3) is 0 Å². The molecule has 1 heterocycles. The van der Waals surface area contributed by atoms with E-state index in [1.54, 1.807) is 6.07 Å². The van der Waals surface area contributed by atoms with Crippen LogP contribution in [-0.4, -0.2) is 13.7 Å². The van der Waals surface area contributed by atoms with Gasteiger partial charge in [0, 0.05) is 17.5 Å². The highest BCUT2D eigenvalue weighted by atomic mass is 35.5. The first kappa shape index (κ1) is 12.3. The zero-order valence-electron chi connectivity index (χ0n) is 8.98. The fourth-order valence-electron chi connectivity index (χ4n) is 2.05. The van der Waals surface area contributed by atoms with E-state index in [2.05, 4.69) is 12.2 Å². The fraction of sp³-hybridized carbons (Fsp3) is 0.455. The molecule has 0 spiro atoms. The molecule has 2 unspecified atom stereocenters. The van der Waals surface area contributed by atoms with Gasteiger partial charge in [-0.05, 0) is 13.1 Å². The van der Waals surface area contributed by atoms with E-state index in [1.165, 1.54) is 0 Å². The fourth-order valence-corrected chi connectivity index (χ4v) is 2.84. The van der Waals surface area contributed by atoms with Crippen LogP contribution in [0.4, 0.5) is 0 Å². The number of benzene rings is 1. The van der Waals surface area contributed by atoms with Gasteiger partial charge in [0.1, 0.15) is 5.75 Å². The average Bonchev–Trinajstić information content (AvgIpc) is 2.25. The van der Waals surface area contributed by atoms with Gasteiger partial charge in [0.05, 0.1) is 21.7 Å². The Bertz CT molecular complexity index is 422. The summed E-state index contributed by atoms with van der Waals surface area (Å²) >= 11 is 18.3. The number of hydrogen-bond donors (Lipinski definition) is 1.